The Kier molecular flexibility index (Phi) is 10.6. The SMILES string of the molecule is CCNC(=NCCc1ccc(OCC(=O)NC2CC2)cc1)N(C)Cc1ccccc1.I. The normalized spacial score (nSPS) is 13.2. The molecule has 0 aliphatic heterocycles. The van der Waals surface area contributed by atoms with E-state index in [0.717, 1.165) is 38.3 Å². The van der Waals surface area contributed by atoms with Crippen molar-refractivity contribution < 1.29 is 9.53 Å². The Morgan fingerprint density at radius 2 is 1.81 bits per heavy atom. The molecule has 3 rings (SSSR count). The number of aliphatic imine (C=N–C) groups is 1. The molecule has 2 aromatic carbocycles. The van der Waals surface area contributed by atoms with E-state index in [-0.39, 0.29) is 36.5 Å². The van der Waals surface area contributed by atoms with Crippen LogP contribution < -0.4 is 15.4 Å². The summed E-state index contributed by atoms with van der Waals surface area (Å²) in [6.07, 6.45) is 3.01. The summed E-state index contributed by atoms with van der Waals surface area (Å²) >= 11 is 0. The molecule has 1 fully saturated rings. The maximum Gasteiger partial charge on any atom is 0.258 e. The van der Waals surface area contributed by atoms with E-state index in [1.165, 1.54) is 11.1 Å². The second kappa shape index (κ2) is 13.2. The van der Waals surface area contributed by atoms with Gasteiger partial charge in [-0.1, -0.05) is 42.5 Å². The molecule has 1 aliphatic carbocycles. The number of carbonyl (C=O) groups is 1. The highest BCUT2D eigenvalue weighted by molar-refractivity contribution is 14.0. The summed E-state index contributed by atoms with van der Waals surface area (Å²) < 4.78 is 5.56. The van der Waals surface area contributed by atoms with Crippen molar-refractivity contribution in [3.63, 3.8) is 0 Å². The lowest BCUT2D eigenvalue weighted by molar-refractivity contribution is -0.123. The van der Waals surface area contributed by atoms with Crippen molar-refractivity contribution in [1.82, 2.24) is 15.5 Å². The smallest absolute Gasteiger partial charge is 0.258 e. The highest BCUT2D eigenvalue weighted by atomic mass is 127. The molecule has 0 heterocycles. The first-order chi connectivity index (χ1) is 14.6. The Hall–Kier alpha value is -2.29. The van der Waals surface area contributed by atoms with Gasteiger partial charge in [0.05, 0.1) is 0 Å². The monoisotopic (exact) mass is 536 g/mol. The summed E-state index contributed by atoms with van der Waals surface area (Å²) in [7, 11) is 2.06. The zero-order valence-corrected chi connectivity index (χ0v) is 20.7. The van der Waals surface area contributed by atoms with E-state index in [0.29, 0.717) is 18.3 Å². The fourth-order valence-electron chi connectivity index (χ4n) is 3.09. The van der Waals surface area contributed by atoms with E-state index in [9.17, 15) is 4.79 Å². The van der Waals surface area contributed by atoms with Crippen LogP contribution in [0.15, 0.2) is 59.6 Å². The molecule has 1 amide bonds. The molecule has 2 N–H and O–H groups in total. The summed E-state index contributed by atoms with van der Waals surface area (Å²) in [4.78, 5) is 18.6. The first kappa shape index (κ1) is 25.0. The Balaban J connectivity index is 0.00000341. The number of carbonyl (C=O) groups excluding carboxylic acids is 1. The van der Waals surface area contributed by atoms with Crippen LogP contribution in [0.1, 0.15) is 30.9 Å². The number of halogens is 1. The van der Waals surface area contributed by atoms with Crippen molar-refractivity contribution in [3.8, 4) is 5.75 Å². The van der Waals surface area contributed by atoms with Crippen molar-refractivity contribution in [3.05, 3.63) is 65.7 Å². The fraction of sp³-hybridized carbons (Fsp3) is 0.417. The van der Waals surface area contributed by atoms with Crippen molar-refractivity contribution in [2.24, 2.45) is 4.99 Å². The minimum Gasteiger partial charge on any atom is -0.484 e. The van der Waals surface area contributed by atoms with Gasteiger partial charge in [-0.3, -0.25) is 9.79 Å². The lowest BCUT2D eigenvalue weighted by Crippen LogP contribution is -2.38. The number of rotatable bonds is 10. The van der Waals surface area contributed by atoms with Gasteiger partial charge in [-0.05, 0) is 49.4 Å². The molecular weight excluding hydrogens is 503 g/mol. The van der Waals surface area contributed by atoms with Crippen molar-refractivity contribution >= 4 is 35.8 Å². The molecule has 2 aromatic rings. The summed E-state index contributed by atoms with van der Waals surface area (Å²) in [6, 6.07) is 18.6. The van der Waals surface area contributed by atoms with Crippen LogP contribution in [0.5, 0.6) is 5.75 Å². The number of amides is 1. The topological polar surface area (TPSA) is 66.0 Å². The van der Waals surface area contributed by atoms with Crippen LogP contribution in [-0.2, 0) is 17.8 Å². The van der Waals surface area contributed by atoms with Crippen LogP contribution >= 0.6 is 24.0 Å². The van der Waals surface area contributed by atoms with Gasteiger partial charge in [0.25, 0.3) is 5.91 Å². The van der Waals surface area contributed by atoms with Crippen LogP contribution in [0.4, 0.5) is 0 Å². The zero-order chi connectivity index (χ0) is 21.2. The number of hydrogen-bond acceptors (Lipinski definition) is 3. The molecule has 168 valence electrons. The molecule has 1 aliphatic rings. The van der Waals surface area contributed by atoms with Crippen LogP contribution in [0.3, 0.4) is 0 Å². The first-order valence-electron chi connectivity index (χ1n) is 10.7. The summed E-state index contributed by atoms with van der Waals surface area (Å²) in [5, 5.41) is 6.28. The van der Waals surface area contributed by atoms with Gasteiger partial charge in [0.15, 0.2) is 12.6 Å². The van der Waals surface area contributed by atoms with Crippen LogP contribution in [0, 0.1) is 0 Å². The third-order valence-corrected chi connectivity index (χ3v) is 4.86. The maximum atomic E-state index is 11.7. The highest BCUT2D eigenvalue weighted by Gasteiger charge is 2.23. The molecular formula is C24H33IN4O2. The van der Waals surface area contributed by atoms with Gasteiger partial charge in [0.2, 0.25) is 0 Å². The zero-order valence-electron chi connectivity index (χ0n) is 18.3. The van der Waals surface area contributed by atoms with Crippen LogP contribution in [0.2, 0.25) is 0 Å². The molecule has 0 saturated heterocycles. The van der Waals surface area contributed by atoms with E-state index in [1.807, 2.05) is 30.3 Å². The van der Waals surface area contributed by atoms with Gasteiger partial charge >= 0.3 is 0 Å². The molecule has 0 radical (unpaired) electrons. The predicted molar refractivity (Wildman–Crippen MR) is 136 cm³/mol. The van der Waals surface area contributed by atoms with E-state index in [2.05, 4.69) is 53.8 Å². The van der Waals surface area contributed by atoms with Gasteiger partial charge in [0.1, 0.15) is 5.75 Å². The lowest BCUT2D eigenvalue weighted by Gasteiger charge is -2.22. The molecule has 0 aromatic heterocycles. The minimum absolute atomic E-state index is 0. The van der Waals surface area contributed by atoms with Crippen molar-refractivity contribution in [2.45, 2.75) is 38.8 Å². The van der Waals surface area contributed by atoms with E-state index >= 15 is 0 Å². The minimum atomic E-state index is -0.0495. The van der Waals surface area contributed by atoms with Gasteiger partial charge in [-0.15, -0.1) is 24.0 Å². The lowest BCUT2D eigenvalue weighted by atomic mass is 10.1. The Bertz CT molecular complexity index is 823. The van der Waals surface area contributed by atoms with Crippen LogP contribution in [-0.4, -0.2) is 49.6 Å². The molecule has 0 atom stereocenters. The van der Waals surface area contributed by atoms with Crippen molar-refractivity contribution in [1.29, 1.82) is 0 Å². The van der Waals surface area contributed by atoms with Gasteiger partial charge in [-0.2, -0.15) is 0 Å². The summed E-state index contributed by atoms with van der Waals surface area (Å²) in [6.45, 7) is 4.49. The molecule has 1 saturated carbocycles. The fourth-order valence-corrected chi connectivity index (χ4v) is 3.09. The van der Waals surface area contributed by atoms with Gasteiger partial charge in [-0.25, -0.2) is 0 Å². The number of ether oxygens (including phenoxy) is 1. The average Bonchev–Trinajstić information content (AvgIpc) is 3.57. The summed E-state index contributed by atoms with van der Waals surface area (Å²) in [5.41, 5.74) is 2.45. The maximum absolute atomic E-state index is 11.7. The molecule has 31 heavy (non-hydrogen) atoms. The van der Waals surface area contributed by atoms with Gasteiger partial charge in [0, 0.05) is 32.7 Å². The average molecular weight is 536 g/mol. The summed E-state index contributed by atoms with van der Waals surface area (Å²) in [5.74, 6) is 1.57. The van der Waals surface area contributed by atoms with Crippen molar-refractivity contribution in [2.75, 3.05) is 26.7 Å². The number of hydrogen-bond donors (Lipinski definition) is 2. The second-order valence-corrected chi connectivity index (χ2v) is 7.60. The number of guanidine groups is 1. The molecule has 7 heteroatoms. The van der Waals surface area contributed by atoms with Crippen LogP contribution in [0.25, 0.3) is 0 Å². The number of nitrogens with one attached hydrogen (secondary N) is 2. The standard InChI is InChI=1S/C24H32N4O2.HI/c1-3-25-24(28(2)17-20-7-5-4-6-8-20)26-16-15-19-9-13-22(14-10-19)30-18-23(29)27-21-11-12-21;/h4-10,13-14,21H,3,11-12,15-18H2,1-2H3,(H,25,26)(H,27,29);1H. The number of benzene rings is 2. The molecule has 0 bridgehead atoms. The third-order valence-electron chi connectivity index (χ3n) is 4.86. The molecule has 0 spiro atoms. The largest absolute Gasteiger partial charge is 0.484 e. The molecule has 6 nitrogen and oxygen atoms in total. The Morgan fingerprint density at radius 3 is 2.45 bits per heavy atom. The quantitative estimate of drug-likeness (QED) is 0.277. The predicted octanol–water partition coefficient (Wildman–Crippen LogP) is 3.60. The molecule has 0 unspecified atom stereocenters. The Labute approximate surface area is 202 Å². The van der Waals surface area contributed by atoms with Gasteiger partial charge < -0.3 is 20.3 Å². The second-order valence-electron chi connectivity index (χ2n) is 7.60. The van der Waals surface area contributed by atoms with E-state index < -0.39 is 0 Å². The first-order valence-corrected chi connectivity index (χ1v) is 10.7. The Morgan fingerprint density at radius 1 is 1.10 bits per heavy atom. The highest BCUT2D eigenvalue weighted by Crippen LogP contribution is 2.18. The third kappa shape index (κ3) is 9.16. The van der Waals surface area contributed by atoms with E-state index in [1.54, 1.807) is 0 Å². The number of nitrogens with zero attached hydrogens (tertiary/aromatic N) is 2. The van der Waals surface area contributed by atoms with E-state index in [4.69, 9.17) is 9.73 Å².